The fourth-order valence-electron chi connectivity index (χ4n) is 0. The molecule has 0 aliphatic heterocycles. The molecule has 0 aromatic carbocycles. The molecule has 4 heteroatoms. The molecule has 0 fully saturated rings. The van der Waals surface area contributed by atoms with E-state index >= 15 is 0 Å². The topological polar surface area (TPSA) is 0 Å². The zero-order valence-corrected chi connectivity index (χ0v) is 7.87. The average molecular weight is 413 g/mol. The van der Waals surface area contributed by atoms with Crippen LogP contribution in [0.3, 0.4) is 0 Å². The molecule has 36 valence electrons. The van der Waals surface area contributed by atoms with Gasteiger partial charge >= 0.3 is 46.9 Å². The second-order valence-corrected chi connectivity index (χ2v) is 0. The van der Waals surface area contributed by atoms with Crippen LogP contribution in [0.2, 0.25) is 0 Å². The van der Waals surface area contributed by atoms with Crippen molar-refractivity contribution in [3.63, 3.8) is 0 Å². The Kier molecular flexibility index (Phi) is 118. The Morgan fingerprint density at radius 1 is 0.500 bits per heavy atom. The van der Waals surface area contributed by atoms with Gasteiger partial charge in [-0.1, -0.05) is 0 Å². The Hall–Kier alpha value is 2.96. The number of hydrogen-bond donors (Lipinski definition) is 0. The summed E-state index contributed by atoms with van der Waals surface area (Å²) in [4.78, 5) is 0. The summed E-state index contributed by atoms with van der Waals surface area (Å²) in [5.41, 5.74) is 0. The molecule has 0 saturated heterocycles. The molecule has 0 heterocycles. The maximum absolute atomic E-state index is 0. The summed E-state index contributed by atoms with van der Waals surface area (Å²) in [5.74, 6) is 0. The molecule has 0 unspecified atom stereocenters. The van der Waals surface area contributed by atoms with Gasteiger partial charge in [-0.15, -0.1) is 0 Å². The van der Waals surface area contributed by atoms with Crippen molar-refractivity contribution in [2.75, 3.05) is 0 Å². The molecule has 0 spiro atoms. The van der Waals surface area contributed by atoms with E-state index in [-0.39, 0.29) is 97.9 Å². The van der Waals surface area contributed by atoms with E-state index in [1.807, 2.05) is 0 Å². The van der Waals surface area contributed by atoms with Gasteiger partial charge < -0.3 is 50.9 Å². The maximum Gasteiger partial charge on any atom is 2.00 e. The summed E-state index contributed by atoms with van der Waals surface area (Å²) in [6, 6.07) is 0. The van der Waals surface area contributed by atoms with Gasteiger partial charge in [0.1, 0.15) is 0 Å². The first kappa shape index (κ1) is 28.2. The molecule has 0 aromatic rings. The van der Waals surface area contributed by atoms with E-state index in [0.29, 0.717) is 0 Å². The van der Waals surface area contributed by atoms with Crippen LogP contribution in [0.1, 0.15) is 0 Å². The van der Waals surface area contributed by atoms with Gasteiger partial charge in [-0.05, 0) is 0 Å². The molecule has 0 aliphatic rings. The molecule has 0 saturated carbocycles. The number of halogens is 3. The summed E-state index contributed by atoms with van der Waals surface area (Å²) in [7, 11) is 0. The summed E-state index contributed by atoms with van der Waals surface area (Å²) in [5, 5.41) is 0. The van der Waals surface area contributed by atoms with E-state index in [0.717, 1.165) is 0 Å². The van der Waals surface area contributed by atoms with Gasteiger partial charge in [0.25, 0.3) is 0 Å². The van der Waals surface area contributed by atoms with Crippen molar-refractivity contribution in [2.24, 2.45) is 0 Å². The Morgan fingerprint density at radius 2 is 0.500 bits per heavy atom. The van der Waals surface area contributed by atoms with Crippen molar-refractivity contribution in [1.82, 2.24) is 0 Å². The molecule has 0 nitrogen and oxygen atoms in total. The van der Waals surface area contributed by atoms with E-state index in [2.05, 4.69) is 0 Å². The second kappa shape index (κ2) is 16.7. The number of rotatable bonds is 0. The van der Waals surface area contributed by atoms with Gasteiger partial charge in [-0.2, -0.15) is 0 Å². The van der Waals surface area contributed by atoms with Crippen molar-refractivity contribution in [3.05, 3.63) is 0 Å². The van der Waals surface area contributed by atoms with Gasteiger partial charge in [0.05, 0.1) is 0 Å². The third-order valence-corrected chi connectivity index (χ3v) is 0. The Morgan fingerprint density at radius 3 is 0.500 bits per heavy atom. The largest absolute Gasteiger partial charge is 2.00 e. The van der Waals surface area contributed by atoms with E-state index in [1.165, 1.54) is 0 Å². The van der Waals surface area contributed by atoms with Crippen LogP contribution < -0.4 is 50.9 Å². The minimum atomic E-state index is 0. The first-order chi connectivity index (χ1) is 0. The molecular weight excluding hydrogens is 413 g/mol. The fourth-order valence-corrected chi connectivity index (χ4v) is 0. The van der Waals surface area contributed by atoms with Crippen LogP contribution in [0.4, 0.5) is 0 Å². The summed E-state index contributed by atoms with van der Waals surface area (Å²) < 4.78 is 0. The van der Waals surface area contributed by atoms with E-state index in [1.54, 1.807) is 0 Å². The third-order valence-electron chi connectivity index (χ3n) is 0. The van der Waals surface area contributed by atoms with E-state index in [9.17, 15) is 0 Å². The molecule has 0 N–H and O–H groups in total. The molecule has 0 aliphatic carbocycles. The maximum atomic E-state index is 0. The van der Waals surface area contributed by atoms with Crippen LogP contribution >= 0.6 is 0 Å². The quantitative estimate of drug-likeness (QED) is 0.371. The first-order valence-electron chi connectivity index (χ1n) is 0. The molecule has 0 bridgehead atoms. The van der Waals surface area contributed by atoms with E-state index in [4.69, 9.17) is 0 Å². The van der Waals surface area contributed by atoms with Crippen LogP contribution in [0, 0.1) is 46.9 Å². The van der Waals surface area contributed by atoms with Gasteiger partial charge in [0, 0.05) is 0 Å². The molecule has 0 atom stereocenters. The second-order valence-electron chi connectivity index (χ2n) is 0. The van der Waals surface area contributed by atoms with Gasteiger partial charge in [0.15, 0.2) is 0 Å². The zero-order valence-electron chi connectivity index (χ0n) is 1.40. The van der Waals surface area contributed by atoms with Crippen molar-refractivity contribution < 1.29 is 97.9 Å². The number of hydrogen-bond acceptors (Lipinski definition) is 0. The smallest absolute Gasteiger partial charge is 1.00 e. The SMILES string of the molecule is [Br-].[Br-].[Br-].[Yb+2]. The fraction of sp³-hybridized carbons (Fsp3) is 0. The molecule has 0 rings (SSSR count). The summed E-state index contributed by atoms with van der Waals surface area (Å²) in [6.45, 7) is 0. The van der Waals surface area contributed by atoms with Crippen molar-refractivity contribution in [3.8, 4) is 0 Å². The van der Waals surface area contributed by atoms with Gasteiger partial charge in [0.2, 0.25) is 0 Å². The predicted molar refractivity (Wildman–Crippen MR) is 0 cm³/mol. The average Bonchev–Trinajstić information content (AvgIpc) is 0. The van der Waals surface area contributed by atoms with Gasteiger partial charge in [-0.3, -0.25) is 0 Å². The van der Waals surface area contributed by atoms with Crippen LogP contribution in [0.15, 0.2) is 0 Å². The van der Waals surface area contributed by atoms with Crippen LogP contribution in [0.25, 0.3) is 0 Å². The zero-order chi connectivity index (χ0) is 0. The molecule has 0 aromatic heterocycles. The minimum absolute atomic E-state index is 0. The third kappa shape index (κ3) is 8.88. The van der Waals surface area contributed by atoms with Crippen molar-refractivity contribution in [1.29, 1.82) is 0 Å². The van der Waals surface area contributed by atoms with Gasteiger partial charge in [-0.25, -0.2) is 0 Å². The monoisotopic (exact) mass is 411 g/mol. The van der Waals surface area contributed by atoms with Crippen molar-refractivity contribution in [2.45, 2.75) is 0 Å². The van der Waals surface area contributed by atoms with Crippen LogP contribution in [0.5, 0.6) is 0 Å². The standard InChI is InChI=1S/3BrH.Yb/h3*1H;/q;;;+2/p-3. The van der Waals surface area contributed by atoms with E-state index < -0.39 is 0 Å². The Balaban J connectivity index is 0. The van der Waals surface area contributed by atoms with Crippen molar-refractivity contribution >= 4 is 0 Å². The molecule has 0 amide bonds. The summed E-state index contributed by atoms with van der Waals surface area (Å²) in [6.07, 6.45) is 0. The normalized spacial score (nSPS) is 0. The first-order valence-corrected chi connectivity index (χ1v) is 0. The summed E-state index contributed by atoms with van der Waals surface area (Å²) >= 11 is 0. The van der Waals surface area contributed by atoms with Crippen LogP contribution in [-0.2, 0) is 0 Å². The molecule has 4 heavy (non-hydrogen) atoms. The molecular formula is Br3Yb-. The Bertz CT molecular complexity index is 3.25. The molecule has 0 radical (unpaired) electrons. The Labute approximate surface area is 95.6 Å². The minimum Gasteiger partial charge on any atom is -1.00 e. The van der Waals surface area contributed by atoms with Crippen LogP contribution in [-0.4, -0.2) is 0 Å². The predicted octanol–water partition coefficient (Wildman–Crippen LogP) is -8.99.